The van der Waals surface area contributed by atoms with Crippen molar-refractivity contribution >= 4 is 21.6 Å². The lowest BCUT2D eigenvalue weighted by Gasteiger charge is -2.25. The van der Waals surface area contributed by atoms with E-state index in [0.29, 0.717) is 11.4 Å². The summed E-state index contributed by atoms with van der Waals surface area (Å²) in [4.78, 5) is 12.9. The summed E-state index contributed by atoms with van der Waals surface area (Å²) >= 11 is 0. The molecule has 3 aromatic carbocycles. The molecule has 1 atom stereocenters. The smallest absolute Gasteiger partial charge is 0.264 e. The highest BCUT2D eigenvalue weighted by Crippen LogP contribution is 2.25. The first kappa shape index (κ1) is 22.4. The first-order valence-corrected chi connectivity index (χ1v) is 11.3. The number of amides is 1. The van der Waals surface area contributed by atoms with Crippen LogP contribution in [0.25, 0.3) is 0 Å². The molecule has 0 aliphatic rings. The third-order valence-electron chi connectivity index (χ3n) is 4.93. The fourth-order valence-electron chi connectivity index (χ4n) is 3.14. The summed E-state index contributed by atoms with van der Waals surface area (Å²) in [6.45, 7) is 3.44. The van der Waals surface area contributed by atoms with Crippen LogP contribution < -0.4 is 14.4 Å². The van der Waals surface area contributed by atoms with E-state index in [4.69, 9.17) is 4.74 Å². The Morgan fingerprint density at radius 1 is 0.968 bits per heavy atom. The summed E-state index contributed by atoms with van der Waals surface area (Å²) in [6, 6.07) is 22.4. The number of rotatable bonds is 8. The average Bonchev–Trinajstić information content (AvgIpc) is 2.78. The zero-order valence-electron chi connectivity index (χ0n) is 17.8. The van der Waals surface area contributed by atoms with Crippen molar-refractivity contribution in [1.82, 2.24) is 5.32 Å². The fraction of sp³-hybridized carbons (Fsp3) is 0.208. The van der Waals surface area contributed by atoms with E-state index in [1.807, 2.05) is 56.3 Å². The molecule has 0 fully saturated rings. The lowest BCUT2D eigenvalue weighted by atomic mass is 10.1. The lowest BCUT2D eigenvalue weighted by Crippen LogP contribution is -2.41. The maximum atomic E-state index is 13.4. The molecule has 0 spiro atoms. The van der Waals surface area contributed by atoms with Crippen LogP contribution in [0, 0.1) is 6.92 Å². The molecule has 31 heavy (non-hydrogen) atoms. The van der Waals surface area contributed by atoms with Crippen LogP contribution in [-0.2, 0) is 14.8 Å². The van der Waals surface area contributed by atoms with Gasteiger partial charge in [0.25, 0.3) is 10.0 Å². The Morgan fingerprint density at radius 3 is 2.16 bits per heavy atom. The molecule has 0 aliphatic carbocycles. The standard InChI is InChI=1S/C24H26N2O4S/c1-18-9-11-21(12-10-18)26(31(28,29)23-15-13-22(30-3)14-16-23)17-24(27)25-19(2)20-7-5-4-6-8-20/h4-16,19H,17H2,1-3H3,(H,25,27)/t19-/m1/s1. The van der Waals surface area contributed by atoms with Gasteiger partial charge >= 0.3 is 0 Å². The number of nitrogens with one attached hydrogen (secondary N) is 1. The van der Waals surface area contributed by atoms with E-state index in [1.165, 1.54) is 19.2 Å². The van der Waals surface area contributed by atoms with Crippen LogP contribution in [-0.4, -0.2) is 28.0 Å². The van der Waals surface area contributed by atoms with E-state index in [1.54, 1.807) is 24.3 Å². The predicted octanol–water partition coefficient (Wildman–Crippen LogP) is 4.08. The Bertz CT molecular complexity index is 1110. The molecule has 0 saturated carbocycles. The van der Waals surface area contributed by atoms with E-state index in [0.717, 1.165) is 15.4 Å². The van der Waals surface area contributed by atoms with Gasteiger partial charge in [-0.05, 0) is 55.8 Å². The molecular formula is C24H26N2O4S. The molecule has 0 bridgehead atoms. The van der Waals surface area contributed by atoms with Crippen LogP contribution in [0.1, 0.15) is 24.1 Å². The average molecular weight is 439 g/mol. The van der Waals surface area contributed by atoms with E-state index in [2.05, 4.69) is 5.32 Å². The number of benzene rings is 3. The van der Waals surface area contributed by atoms with Crippen molar-refractivity contribution in [2.75, 3.05) is 18.0 Å². The monoisotopic (exact) mass is 438 g/mol. The minimum Gasteiger partial charge on any atom is -0.497 e. The molecule has 0 radical (unpaired) electrons. The molecule has 0 aromatic heterocycles. The molecule has 0 saturated heterocycles. The Kier molecular flexibility index (Phi) is 6.97. The van der Waals surface area contributed by atoms with Gasteiger partial charge in [0.2, 0.25) is 5.91 Å². The molecule has 0 aliphatic heterocycles. The number of nitrogens with zero attached hydrogens (tertiary/aromatic N) is 1. The first-order chi connectivity index (χ1) is 14.8. The van der Waals surface area contributed by atoms with Gasteiger partial charge in [0, 0.05) is 0 Å². The van der Waals surface area contributed by atoms with Crippen molar-refractivity contribution in [3.63, 3.8) is 0 Å². The minimum absolute atomic E-state index is 0.0813. The van der Waals surface area contributed by atoms with Crippen LogP contribution >= 0.6 is 0 Å². The number of ether oxygens (including phenoxy) is 1. The Labute approximate surface area is 183 Å². The van der Waals surface area contributed by atoms with E-state index >= 15 is 0 Å². The van der Waals surface area contributed by atoms with Crippen LogP contribution in [0.4, 0.5) is 5.69 Å². The summed E-state index contributed by atoms with van der Waals surface area (Å²) in [6.07, 6.45) is 0. The Morgan fingerprint density at radius 2 is 1.58 bits per heavy atom. The minimum atomic E-state index is -3.97. The molecule has 0 unspecified atom stereocenters. The normalized spacial score (nSPS) is 12.1. The number of anilines is 1. The van der Waals surface area contributed by atoms with Gasteiger partial charge in [-0.15, -0.1) is 0 Å². The number of aryl methyl sites for hydroxylation is 1. The van der Waals surface area contributed by atoms with Crippen LogP contribution in [0.2, 0.25) is 0 Å². The molecular weight excluding hydrogens is 412 g/mol. The highest BCUT2D eigenvalue weighted by atomic mass is 32.2. The number of hydrogen-bond acceptors (Lipinski definition) is 4. The summed E-state index contributed by atoms with van der Waals surface area (Å²) in [5.74, 6) is 0.157. The highest BCUT2D eigenvalue weighted by Gasteiger charge is 2.27. The van der Waals surface area contributed by atoms with Crippen molar-refractivity contribution in [3.8, 4) is 5.75 Å². The van der Waals surface area contributed by atoms with E-state index in [-0.39, 0.29) is 17.5 Å². The summed E-state index contributed by atoms with van der Waals surface area (Å²) in [7, 11) is -2.46. The molecule has 1 N–H and O–H groups in total. The lowest BCUT2D eigenvalue weighted by molar-refractivity contribution is -0.120. The zero-order valence-corrected chi connectivity index (χ0v) is 18.6. The van der Waals surface area contributed by atoms with Gasteiger partial charge in [-0.2, -0.15) is 0 Å². The number of carbonyl (C=O) groups is 1. The van der Waals surface area contributed by atoms with Crippen LogP contribution in [0.15, 0.2) is 83.8 Å². The molecule has 0 heterocycles. The third kappa shape index (κ3) is 5.44. The number of carbonyl (C=O) groups excluding carboxylic acids is 1. The van der Waals surface area contributed by atoms with Gasteiger partial charge in [-0.3, -0.25) is 9.10 Å². The summed E-state index contributed by atoms with van der Waals surface area (Å²) in [5.41, 5.74) is 2.35. The molecule has 7 heteroatoms. The number of sulfonamides is 1. The van der Waals surface area contributed by atoms with E-state index in [9.17, 15) is 13.2 Å². The highest BCUT2D eigenvalue weighted by molar-refractivity contribution is 7.92. The van der Waals surface area contributed by atoms with Gasteiger partial charge in [0.1, 0.15) is 12.3 Å². The van der Waals surface area contributed by atoms with Crippen molar-refractivity contribution in [2.45, 2.75) is 24.8 Å². The molecule has 162 valence electrons. The second-order valence-electron chi connectivity index (χ2n) is 7.22. The molecule has 3 rings (SSSR count). The SMILES string of the molecule is COc1ccc(S(=O)(=O)N(CC(=O)N[C@H](C)c2ccccc2)c2ccc(C)cc2)cc1. The summed E-state index contributed by atoms with van der Waals surface area (Å²) < 4.78 is 33.1. The fourth-order valence-corrected chi connectivity index (χ4v) is 4.56. The van der Waals surface area contributed by atoms with Gasteiger partial charge < -0.3 is 10.1 Å². The van der Waals surface area contributed by atoms with E-state index < -0.39 is 15.9 Å². The van der Waals surface area contributed by atoms with Crippen molar-refractivity contribution in [3.05, 3.63) is 90.0 Å². The predicted molar refractivity (Wildman–Crippen MR) is 122 cm³/mol. The third-order valence-corrected chi connectivity index (χ3v) is 6.72. The van der Waals surface area contributed by atoms with Crippen LogP contribution in [0.3, 0.4) is 0 Å². The largest absolute Gasteiger partial charge is 0.497 e. The topological polar surface area (TPSA) is 75.7 Å². The zero-order chi connectivity index (χ0) is 22.4. The van der Waals surface area contributed by atoms with Gasteiger partial charge in [-0.1, -0.05) is 48.0 Å². The van der Waals surface area contributed by atoms with Crippen LogP contribution in [0.5, 0.6) is 5.75 Å². The van der Waals surface area contributed by atoms with Crippen molar-refractivity contribution in [1.29, 1.82) is 0 Å². The second kappa shape index (κ2) is 9.66. The number of methoxy groups -OCH3 is 1. The van der Waals surface area contributed by atoms with Crippen molar-refractivity contribution in [2.24, 2.45) is 0 Å². The summed E-state index contributed by atoms with van der Waals surface area (Å²) in [5, 5.41) is 2.88. The maximum absolute atomic E-state index is 13.4. The van der Waals surface area contributed by atoms with Crippen molar-refractivity contribution < 1.29 is 17.9 Å². The Hall–Kier alpha value is -3.32. The van der Waals surface area contributed by atoms with Gasteiger partial charge in [0.05, 0.1) is 23.7 Å². The quantitative estimate of drug-likeness (QED) is 0.575. The van der Waals surface area contributed by atoms with Gasteiger partial charge in [-0.25, -0.2) is 8.42 Å². The van der Waals surface area contributed by atoms with Gasteiger partial charge in [0.15, 0.2) is 0 Å². The molecule has 1 amide bonds. The second-order valence-corrected chi connectivity index (χ2v) is 9.08. The maximum Gasteiger partial charge on any atom is 0.264 e. The first-order valence-electron chi connectivity index (χ1n) is 9.89. The number of hydrogen-bond donors (Lipinski definition) is 1. The molecule has 3 aromatic rings. The Balaban J connectivity index is 1.89. The molecule has 6 nitrogen and oxygen atoms in total.